The number of H-pyrrole nitrogens is 1. The molecule has 1 amide bonds. The number of aromatic nitrogens is 2. The van der Waals surface area contributed by atoms with Gasteiger partial charge in [0.2, 0.25) is 5.95 Å². The van der Waals surface area contributed by atoms with Gasteiger partial charge in [-0.25, -0.2) is 4.98 Å². The van der Waals surface area contributed by atoms with E-state index in [4.69, 9.17) is 14.5 Å². The van der Waals surface area contributed by atoms with E-state index in [1.54, 1.807) is 35.2 Å². The second-order valence-corrected chi connectivity index (χ2v) is 8.08. The van der Waals surface area contributed by atoms with Crippen LogP contribution >= 0.6 is 0 Å². The molecule has 2 aliphatic heterocycles. The monoisotopic (exact) mass is 424 g/mol. The van der Waals surface area contributed by atoms with Crippen LogP contribution < -0.4 is 15.2 Å². The SMILES string of the molecule is C=CCOc1ccc(C(=O)N2CCc3c(nc(N4C[C@@H](C)O[C@H](C)C4)[nH]c3=O)C2)cc1. The minimum absolute atomic E-state index is 0.0570. The molecule has 0 aliphatic carbocycles. The third-order valence-electron chi connectivity index (χ3n) is 5.54. The summed E-state index contributed by atoms with van der Waals surface area (Å²) in [5, 5.41) is 0. The van der Waals surface area contributed by atoms with Crippen molar-refractivity contribution in [3.63, 3.8) is 0 Å². The molecule has 0 bridgehead atoms. The molecule has 1 aromatic heterocycles. The highest BCUT2D eigenvalue weighted by Gasteiger charge is 2.28. The number of nitrogens with zero attached hydrogens (tertiary/aromatic N) is 3. The van der Waals surface area contributed by atoms with Crippen LogP contribution in [-0.2, 0) is 17.7 Å². The number of carbonyl (C=O) groups excluding carboxylic acids is 1. The number of hydrogen-bond donors (Lipinski definition) is 1. The minimum Gasteiger partial charge on any atom is -0.490 e. The van der Waals surface area contributed by atoms with E-state index in [1.807, 2.05) is 18.7 Å². The molecule has 2 aliphatic rings. The van der Waals surface area contributed by atoms with Crippen LogP contribution in [0.3, 0.4) is 0 Å². The van der Waals surface area contributed by atoms with E-state index in [1.165, 1.54) is 0 Å². The molecule has 1 aromatic carbocycles. The molecule has 1 fully saturated rings. The Kier molecular flexibility index (Phi) is 6.08. The summed E-state index contributed by atoms with van der Waals surface area (Å²) in [7, 11) is 0. The van der Waals surface area contributed by atoms with Crippen molar-refractivity contribution in [1.29, 1.82) is 0 Å². The van der Waals surface area contributed by atoms with E-state index in [2.05, 4.69) is 11.6 Å². The number of rotatable bonds is 5. The number of hydrogen-bond acceptors (Lipinski definition) is 6. The van der Waals surface area contributed by atoms with Gasteiger partial charge >= 0.3 is 0 Å². The second kappa shape index (κ2) is 8.93. The maximum absolute atomic E-state index is 13.0. The Morgan fingerprint density at radius 3 is 2.68 bits per heavy atom. The zero-order chi connectivity index (χ0) is 22.0. The van der Waals surface area contributed by atoms with Crippen molar-refractivity contribution in [3.8, 4) is 5.75 Å². The lowest BCUT2D eigenvalue weighted by atomic mass is 10.1. The topological polar surface area (TPSA) is 87.8 Å². The fourth-order valence-electron chi connectivity index (χ4n) is 4.13. The molecular weight excluding hydrogens is 396 g/mol. The molecular formula is C23H28N4O4. The summed E-state index contributed by atoms with van der Waals surface area (Å²) < 4.78 is 11.3. The van der Waals surface area contributed by atoms with Crippen molar-refractivity contribution in [2.24, 2.45) is 0 Å². The van der Waals surface area contributed by atoms with Gasteiger partial charge in [-0.3, -0.25) is 14.6 Å². The average Bonchev–Trinajstić information content (AvgIpc) is 2.76. The summed E-state index contributed by atoms with van der Waals surface area (Å²) in [6, 6.07) is 7.06. The number of ether oxygens (including phenoxy) is 2. The standard InChI is InChI=1S/C23H28N4O4/c1-4-11-30-18-7-5-17(6-8-18)22(29)26-10-9-19-20(14-26)24-23(25-21(19)28)27-12-15(2)31-16(3)13-27/h4-8,15-16H,1,9-14H2,2-3H3,(H,24,25,28)/t15-,16-/m1/s1. The van der Waals surface area contributed by atoms with E-state index in [0.717, 1.165) is 0 Å². The molecule has 31 heavy (non-hydrogen) atoms. The van der Waals surface area contributed by atoms with Crippen LogP contribution in [0.15, 0.2) is 41.7 Å². The van der Waals surface area contributed by atoms with Crippen LogP contribution in [0.4, 0.5) is 5.95 Å². The lowest BCUT2D eigenvalue weighted by Crippen LogP contribution is -2.47. The fourth-order valence-corrected chi connectivity index (χ4v) is 4.13. The summed E-state index contributed by atoms with van der Waals surface area (Å²) in [5.74, 6) is 1.15. The molecule has 2 aromatic rings. The molecule has 0 spiro atoms. The minimum atomic E-state index is -0.123. The van der Waals surface area contributed by atoms with Gasteiger partial charge in [0.05, 0.1) is 24.4 Å². The van der Waals surface area contributed by atoms with Crippen LogP contribution in [-0.4, -0.2) is 59.2 Å². The molecule has 8 heteroatoms. The Bertz CT molecular complexity index is 1010. The van der Waals surface area contributed by atoms with Gasteiger partial charge in [0, 0.05) is 30.8 Å². The molecule has 164 valence electrons. The Morgan fingerprint density at radius 2 is 2.00 bits per heavy atom. The van der Waals surface area contributed by atoms with Crippen molar-refractivity contribution in [3.05, 3.63) is 64.1 Å². The van der Waals surface area contributed by atoms with E-state index < -0.39 is 0 Å². The number of fused-ring (bicyclic) bond motifs is 1. The number of aromatic amines is 1. The predicted octanol–water partition coefficient (Wildman–Crippen LogP) is 2.15. The van der Waals surface area contributed by atoms with Gasteiger partial charge in [0.15, 0.2) is 0 Å². The highest BCUT2D eigenvalue weighted by atomic mass is 16.5. The first-order valence-electron chi connectivity index (χ1n) is 10.6. The largest absolute Gasteiger partial charge is 0.490 e. The van der Waals surface area contributed by atoms with E-state index >= 15 is 0 Å². The van der Waals surface area contributed by atoms with Crippen LogP contribution in [0.25, 0.3) is 0 Å². The van der Waals surface area contributed by atoms with Crippen LogP contribution in [0, 0.1) is 0 Å². The van der Waals surface area contributed by atoms with Crippen molar-refractivity contribution in [2.45, 2.75) is 39.0 Å². The number of amides is 1. The highest BCUT2D eigenvalue weighted by Crippen LogP contribution is 2.21. The second-order valence-electron chi connectivity index (χ2n) is 8.08. The molecule has 1 N–H and O–H groups in total. The smallest absolute Gasteiger partial charge is 0.255 e. The number of anilines is 1. The van der Waals surface area contributed by atoms with Gasteiger partial charge in [-0.05, 0) is 44.5 Å². The summed E-state index contributed by atoms with van der Waals surface area (Å²) >= 11 is 0. The average molecular weight is 425 g/mol. The Morgan fingerprint density at radius 1 is 1.29 bits per heavy atom. The first kappa shape index (κ1) is 21.1. The maximum Gasteiger partial charge on any atom is 0.255 e. The fraction of sp³-hybridized carbons (Fsp3) is 0.435. The van der Waals surface area contributed by atoms with Crippen molar-refractivity contribution in [2.75, 3.05) is 31.1 Å². The number of nitrogens with one attached hydrogen (secondary N) is 1. The Labute approximate surface area is 181 Å². The zero-order valence-electron chi connectivity index (χ0n) is 18.0. The van der Waals surface area contributed by atoms with Crippen molar-refractivity contribution in [1.82, 2.24) is 14.9 Å². The van der Waals surface area contributed by atoms with Crippen LogP contribution in [0.1, 0.15) is 35.5 Å². The zero-order valence-corrected chi connectivity index (χ0v) is 18.0. The molecule has 0 unspecified atom stereocenters. The summed E-state index contributed by atoms with van der Waals surface area (Å²) in [6.07, 6.45) is 2.27. The van der Waals surface area contributed by atoms with Gasteiger partial charge in [0.1, 0.15) is 12.4 Å². The van der Waals surface area contributed by atoms with E-state index in [-0.39, 0.29) is 23.7 Å². The molecule has 8 nitrogen and oxygen atoms in total. The molecule has 3 heterocycles. The van der Waals surface area contributed by atoms with Gasteiger partial charge < -0.3 is 19.3 Å². The summed E-state index contributed by atoms with van der Waals surface area (Å²) in [4.78, 5) is 37.1. The van der Waals surface area contributed by atoms with Crippen LogP contribution in [0.2, 0.25) is 0 Å². The van der Waals surface area contributed by atoms with Gasteiger partial charge in [-0.2, -0.15) is 0 Å². The molecule has 0 saturated carbocycles. The third kappa shape index (κ3) is 4.64. The molecule has 4 rings (SSSR count). The molecule has 2 atom stereocenters. The highest BCUT2D eigenvalue weighted by molar-refractivity contribution is 5.94. The summed E-state index contributed by atoms with van der Waals surface area (Å²) in [5.41, 5.74) is 1.78. The molecule has 0 radical (unpaired) electrons. The maximum atomic E-state index is 13.0. The number of carbonyl (C=O) groups is 1. The summed E-state index contributed by atoms with van der Waals surface area (Å²) in [6.45, 7) is 10.2. The quantitative estimate of drug-likeness (QED) is 0.740. The first-order valence-corrected chi connectivity index (χ1v) is 10.6. The first-order chi connectivity index (χ1) is 14.9. The predicted molar refractivity (Wildman–Crippen MR) is 118 cm³/mol. The Hall–Kier alpha value is -3.13. The van der Waals surface area contributed by atoms with E-state index in [9.17, 15) is 9.59 Å². The van der Waals surface area contributed by atoms with Gasteiger partial charge in [-0.1, -0.05) is 12.7 Å². The van der Waals surface area contributed by atoms with Gasteiger partial charge in [0.25, 0.3) is 11.5 Å². The normalized spacial score (nSPS) is 20.8. The number of benzene rings is 1. The van der Waals surface area contributed by atoms with Crippen molar-refractivity contribution < 1.29 is 14.3 Å². The van der Waals surface area contributed by atoms with Crippen molar-refractivity contribution >= 4 is 11.9 Å². The molecule has 1 saturated heterocycles. The van der Waals surface area contributed by atoms with Crippen LogP contribution in [0.5, 0.6) is 5.75 Å². The number of morpholine rings is 1. The lowest BCUT2D eigenvalue weighted by molar-refractivity contribution is -0.00575. The van der Waals surface area contributed by atoms with Gasteiger partial charge in [-0.15, -0.1) is 0 Å². The third-order valence-corrected chi connectivity index (χ3v) is 5.54. The Balaban J connectivity index is 1.52. The lowest BCUT2D eigenvalue weighted by Gasteiger charge is -2.36. The van der Waals surface area contributed by atoms with E-state index in [0.29, 0.717) is 67.7 Å².